The first-order valence-corrected chi connectivity index (χ1v) is 7.86. The average Bonchev–Trinajstić information content (AvgIpc) is 2.78. The van der Waals surface area contributed by atoms with E-state index in [0.717, 1.165) is 51.5 Å². The molecule has 1 aromatic heterocycles. The summed E-state index contributed by atoms with van der Waals surface area (Å²) in [6.07, 6.45) is 5.01. The molecule has 0 atom stereocenters. The quantitative estimate of drug-likeness (QED) is 0.866. The lowest BCUT2D eigenvalue weighted by atomic mass is 10.2. The van der Waals surface area contributed by atoms with Crippen LogP contribution in [0.4, 0.5) is 4.39 Å². The van der Waals surface area contributed by atoms with Crippen LogP contribution in [0.1, 0.15) is 17.8 Å². The lowest BCUT2D eigenvalue weighted by Gasteiger charge is -2.21. The molecule has 0 bridgehead atoms. The van der Waals surface area contributed by atoms with Gasteiger partial charge < -0.3 is 4.57 Å². The van der Waals surface area contributed by atoms with Crippen molar-refractivity contribution in [2.24, 2.45) is 7.05 Å². The van der Waals surface area contributed by atoms with Gasteiger partial charge in [-0.25, -0.2) is 9.37 Å². The van der Waals surface area contributed by atoms with E-state index in [4.69, 9.17) is 0 Å². The molecule has 0 unspecified atom stereocenters. The van der Waals surface area contributed by atoms with Crippen LogP contribution in [-0.4, -0.2) is 45.5 Å². The van der Waals surface area contributed by atoms with Gasteiger partial charge in [0.05, 0.1) is 6.54 Å². The number of aryl methyl sites for hydroxylation is 1. The van der Waals surface area contributed by atoms with Crippen molar-refractivity contribution < 1.29 is 4.39 Å². The summed E-state index contributed by atoms with van der Waals surface area (Å²) >= 11 is 0. The Morgan fingerprint density at radius 2 is 1.68 bits per heavy atom. The first-order chi connectivity index (χ1) is 10.7. The second-order valence-electron chi connectivity index (χ2n) is 5.99. The van der Waals surface area contributed by atoms with Crippen LogP contribution in [0, 0.1) is 5.82 Å². The van der Waals surface area contributed by atoms with Gasteiger partial charge in [0.25, 0.3) is 0 Å². The summed E-state index contributed by atoms with van der Waals surface area (Å²) in [4.78, 5) is 9.32. The van der Waals surface area contributed by atoms with Crippen molar-refractivity contribution in [3.63, 3.8) is 0 Å². The number of benzene rings is 1. The number of imidazole rings is 1. The number of halogens is 1. The van der Waals surface area contributed by atoms with E-state index in [9.17, 15) is 4.39 Å². The van der Waals surface area contributed by atoms with Crippen LogP contribution in [0.15, 0.2) is 36.7 Å². The van der Waals surface area contributed by atoms with E-state index in [1.807, 2.05) is 31.6 Å². The van der Waals surface area contributed by atoms with Crippen LogP contribution >= 0.6 is 0 Å². The highest BCUT2D eigenvalue weighted by atomic mass is 19.1. The van der Waals surface area contributed by atoms with Gasteiger partial charge in [0.2, 0.25) is 0 Å². The van der Waals surface area contributed by atoms with Gasteiger partial charge in [-0.3, -0.25) is 9.80 Å². The van der Waals surface area contributed by atoms with Crippen molar-refractivity contribution in [2.75, 3.05) is 26.2 Å². The maximum Gasteiger partial charge on any atom is 0.123 e. The molecule has 0 saturated carbocycles. The summed E-state index contributed by atoms with van der Waals surface area (Å²) in [6, 6.07) is 6.85. The van der Waals surface area contributed by atoms with Gasteiger partial charge in [-0.1, -0.05) is 12.1 Å². The highest BCUT2D eigenvalue weighted by Gasteiger charge is 2.16. The van der Waals surface area contributed by atoms with E-state index in [1.54, 1.807) is 12.1 Å². The summed E-state index contributed by atoms with van der Waals surface area (Å²) in [5.41, 5.74) is 1.18. The zero-order valence-corrected chi connectivity index (χ0v) is 13.1. The van der Waals surface area contributed by atoms with Crippen LogP contribution in [0.3, 0.4) is 0 Å². The summed E-state index contributed by atoms with van der Waals surface area (Å²) in [5, 5.41) is 0. The van der Waals surface area contributed by atoms with E-state index >= 15 is 0 Å². The summed E-state index contributed by atoms with van der Waals surface area (Å²) in [7, 11) is 2.04. The molecule has 1 fully saturated rings. The molecule has 1 aromatic carbocycles. The fraction of sp³-hybridized carbons (Fsp3) is 0.471. The maximum absolute atomic E-state index is 13.0. The number of aromatic nitrogens is 2. The number of hydrogen-bond donors (Lipinski definition) is 0. The Kier molecular flexibility index (Phi) is 4.85. The molecule has 0 spiro atoms. The zero-order valence-electron chi connectivity index (χ0n) is 13.1. The second-order valence-corrected chi connectivity index (χ2v) is 5.99. The molecule has 2 aromatic rings. The minimum Gasteiger partial charge on any atom is -0.337 e. The molecule has 0 aliphatic carbocycles. The molecule has 5 heteroatoms. The lowest BCUT2D eigenvalue weighted by Crippen LogP contribution is -2.31. The van der Waals surface area contributed by atoms with Crippen molar-refractivity contribution >= 4 is 0 Å². The van der Waals surface area contributed by atoms with E-state index in [0.29, 0.717) is 0 Å². The highest BCUT2D eigenvalue weighted by Crippen LogP contribution is 2.11. The molecule has 2 heterocycles. The van der Waals surface area contributed by atoms with E-state index in [2.05, 4.69) is 19.4 Å². The zero-order chi connectivity index (χ0) is 15.4. The molecule has 1 saturated heterocycles. The van der Waals surface area contributed by atoms with E-state index in [1.165, 1.54) is 5.56 Å². The predicted molar refractivity (Wildman–Crippen MR) is 84.8 cm³/mol. The highest BCUT2D eigenvalue weighted by molar-refractivity contribution is 5.15. The first-order valence-electron chi connectivity index (χ1n) is 7.86. The van der Waals surface area contributed by atoms with E-state index < -0.39 is 0 Å². The largest absolute Gasteiger partial charge is 0.337 e. The third kappa shape index (κ3) is 3.93. The van der Waals surface area contributed by atoms with Crippen molar-refractivity contribution in [3.8, 4) is 0 Å². The minimum atomic E-state index is -0.166. The van der Waals surface area contributed by atoms with Gasteiger partial charge in [0, 0.05) is 39.1 Å². The topological polar surface area (TPSA) is 24.3 Å². The lowest BCUT2D eigenvalue weighted by molar-refractivity contribution is 0.242. The molecule has 4 nitrogen and oxygen atoms in total. The SMILES string of the molecule is Cn1ccnc1CN1CCCN(Cc2ccc(F)cc2)CC1. The molecule has 1 aliphatic heterocycles. The Balaban J connectivity index is 1.53. The Hall–Kier alpha value is -1.72. The Bertz CT molecular complexity index is 593. The number of rotatable bonds is 4. The van der Waals surface area contributed by atoms with Gasteiger partial charge >= 0.3 is 0 Å². The normalized spacial score (nSPS) is 17.5. The number of nitrogens with zero attached hydrogens (tertiary/aromatic N) is 4. The molecule has 118 valence electrons. The molecule has 3 rings (SSSR count). The Labute approximate surface area is 131 Å². The van der Waals surface area contributed by atoms with Crippen LogP contribution in [0.5, 0.6) is 0 Å². The Morgan fingerprint density at radius 3 is 2.32 bits per heavy atom. The van der Waals surface area contributed by atoms with Crippen molar-refractivity contribution in [2.45, 2.75) is 19.5 Å². The Morgan fingerprint density at radius 1 is 1.00 bits per heavy atom. The van der Waals surface area contributed by atoms with Crippen LogP contribution in [-0.2, 0) is 20.1 Å². The first kappa shape index (κ1) is 15.2. The third-order valence-electron chi connectivity index (χ3n) is 4.29. The average molecular weight is 302 g/mol. The van der Waals surface area contributed by atoms with Crippen molar-refractivity contribution in [1.82, 2.24) is 19.4 Å². The molecule has 1 aliphatic rings. The van der Waals surface area contributed by atoms with Crippen LogP contribution < -0.4 is 0 Å². The summed E-state index contributed by atoms with van der Waals surface area (Å²) in [6.45, 7) is 6.10. The minimum absolute atomic E-state index is 0.166. The molecule has 0 radical (unpaired) electrons. The van der Waals surface area contributed by atoms with Crippen molar-refractivity contribution in [3.05, 3.63) is 53.9 Å². The molecular weight excluding hydrogens is 279 g/mol. The van der Waals surface area contributed by atoms with E-state index in [-0.39, 0.29) is 5.82 Å². The smallest absolute Gasteiger partial charge is 0.123 e. The molecule has 22 heavy (non-hydrogen) atoms. The molecule has 0 amide bonds. The summed E-state index contributed by atoms with van der Waals surface area (Å²) < 4.78 is 15.1. The fourth-order valence-corrected chi connectivity index (χ4v) is 2.94. The predicted octanol–water partition coefficient (Wildman–Crippen LogP) is 2.27. The monoisotopic (exact) mass is 302 g/mol. The van der Waals surface area contributed by atoms with Gasteiger partial charge in [0.1, 0.15) is 11.6 Å². The van der Waals surface area contributed by atoms with Crippen LogP contribution in [0.2, 0.25) is 0 Å². The third-order valence-corrected chi connectivity index (χ3v) is 4.29. The maximum atomic E-state index is 13.0. The van der Waals surface area contributed by atoms with Gasteiger partial charge in [-0.15, -0.1) is 0 Å². The second kappa shape index (κ2) is 7.03. The standard InChI is InChI=1S/C17H23FN4/c1-20-10-7-19-17(20)14-22-9-2-8-21(11-12-22)13-15-3-5-16(18)6-4-15/h3-7,10H,2,8-9,11-14H2,1H3. The fourth-order valence-electron chi connectivity index (χ4n) is 2.94. The van der Waals surface area contributed by atoms with Gasteiger partial charge in [0.15, 0.2) is 0 Å². The number of hydrogen-bond acceptors (Lipinski definition) is 3. The molecule has 0 N–H and O–H groups in total. The van der Waals surface area contributed by atoms with Gasteiger partial charge in [-0.05, 0) is 37.2 Å². The molecular formula is C17H23FN4. The van der Waals surface area contributed by atoms with Gasteiger partial charge in [-0.2, -0.15) is 0 Å². The summed E-state index contributed by atoms with van der Waals surface area (Å²) in [5.74, 6) is 0.952. The van der Waals surface area contributed by atoms with Crippen LogP contribution in [0.25, 0.3) is 0 Å². The van der Waals surface area contributed by atoms with Crippen molar-refractivity contribution in [1.29, 1.82) is 0 Å².